The number of rotatable bonds is 3. The van der Waals surface area contributed by atoms with Crippen molar-refractivity contribution in [1.82, 2.24) is 20.2 Å². The monoisotopic (exact) mass is 354 g/mol. The van der Waals surface area contributed by atoms with Crippen LogP contribution in [-0.2, 0) is 24.2 Å². The lowest BCUT2D eigenvalue weighted by Gasteiger charge is -2.32. The van der Waals surface area contributed by atoms with Gasteiger partial charge in [-0.05, 0) is 24.5 Å². The number of carbonyl (C=O) groups excluding carboxylic acids is 1. The predicted octanol–water partition coefficient (Wildman–Crippen LogP) is 2.21. The third kappa shape index (κ3) is 3.60. The maximum absolute atomic E-state index is 13.8. The Hall–Kier alpha value is -2.34. The summed E-state index contributed by atoms with van der Waals surface area (Å²) in [5, 5.41) is 3.33. The topological polar surface area (TPSA) is 58.1 Å². The number of carbonyl (C=O) groups is 1. The Morgan fingerprint density at radius 3 is 3.12 bits per heavy atom. The van der Waals surface area contributed by atoms with Gasteiger partial charge in [0, 0.05) is 56.0 Å². The molecule has 5 nitrogen and oxygen atoms in total. The molecule has 0 unspecified atom stereocenters. The summed E-state index contributed by atoms with van der Waals surface area (Å²) in [6.07, 6.45) is 4.86. The third-order valence-electron chi connectivity index (χ3n) is 5.27. The Balaban J connectivity index is 1.45. The fourth-order valence-electron chi connectivity index (χ4n) is 3.78. The first kappa shape index (κ1) is 17.1. The molecule has 0 bridgehead atoms. The van der Waals surface area contributed by atoms with Crippen LogP contribution < -0.4 is 5.32 Å². The highest BCUT2D eigenvalue weighted by atomic mass is 19.1. The summed E-state index contributed by atoms with van der Waals surface area (Å²) >= 11 is 0. The first-order chi connectivity index (χ1) is 12.7. The number of hydrogen-bond donors (Lipinski definition) is 1. The van der Waals surface area contributed by atoms with E-state index in [2.05, 4.69) is 10.3 Å². The van der Waals surface area contributed by atoms with Gasteiger partial charge in [-0.1, -0.05) is 18.2 Å². The van der Waals surface area contributed by atoms with Gasteiger partial charge in [0.05, 0.1) is 6.42 Å². The molecule has 2 aliphatic rings. The average molecular weight is 354 g/mol. The lowest BCUT2D eigenvalue weighted by atomic mass is 9.96. The standard InChI is InChI=1S/C20H23FN4O/c21-17-6-2-1-4-14(17)10-19(26)25-9-3-5-15(13-25)20-23-12-16-11-22-8-7-18(16)24-20/h1-2,4,6,12,15,22H,3,5,7-11,13H2/t15-/m0/s1. The van der Waals surface area contributed by atoms with Gasteiger partial charge >= 0.3 is 0 Å². The van der Waals surface area contributed by atoms with Gasteiger partial charge in [-0.2, -0.15) is 0 Å². The van der Waals surface area contributed by atoms with Gasteiger partial charge in [-0.25, -0.2) is 14.4 Å². The van der Waals surface area contributed by atoms with Crippen LogP contribution in [0, 0.1) is 5.82 Å². The van der Waals surface area contributed by atoms with Crippen molar-refractivity contribution < 1.29 is 9.18 Å². The highest BCUT2D eigenvalue weighted by Crippen LogP contribution is 2.26. The predicted molar refractivity (Wildman–Crippen MR) is 96.1 cm³/mol. The van der Waals surface area contributed by atoms with Crippen molar-refractivity contribution in [3.05, 3.63) is 58.9 Å². The van der Waals surface area contributed by atoms with Gasteiger partial charge < -0.3 is 10.2 Å². The second kappa shape index (κ2) is 7.50. The number of piperidine rings is 1. The van der Waals surface area contributed by atoms with Crippen molar-refractivity contribution in [3.63, 3.8) is 0 Å². The van der Waals surface area contributed by atoms with Gasteiger partial charge in [0.15, 0.2) is 0 Å². The minimum atomic E-state index is -0.318. The van der Waals surface area contributed by atoms with Gasteiger partial charge in [0.2, 0.25) is 5.91 Å². The highest BCUT2D eigenvalue weighted by Gasteiger charge is 2.27. The maximum Gasteiger partial charge on any atom is 0.227 e. The number of nitrogens with one attached hydrogen (secondary N) is 1. The van der Waals surface area contributed by atoms with E-state index in [1.54, 1.807) is 18.2 Å². The van der Waals surface area contributed by atoms with E-state index in [0.717, 1.165) is 50.4 Å². The van der Waals surface area contributed by atoms with Crippen LogP contribution in [0.25, 0.3) is 0 Å². The van der Waals surface area contributed by atoms with Crippen molar-refractivity contribution in [2.75, 3.05) is 19.6 Å². The molecule has 1 saturated heterocycles. The first-order valence-electron chi connectivity index (χ1n) is 9.27. The SMILES string of the molecule is O=C(Cc1ccccc1F)N1CCC[C@H](c2ncc3c(n2)CCNC3)C1. The van der Waals surface area contributed by atoms with E-state index >= 15 is 0 Å². The minimum absolute atomic E-state index is 0.0260. The minimum Gasteiger partial charge on any atom is -0.342 e. The molecule has 1 atom stereocenters. The molecule has 136 valence electrons. The van der Waals surface area contributed by atoms with Crippen LogP contribution >= 0.6 is 0 Å². The zero-order valence-corrected chi connectivity index (χ0v) is 14.7. The van der Waals surface area contributed by atoms with Crippen molar-refractivity contribution >= 4 is 5.91 Å². The van der Waals surface area contributed by atoms with E-state index in [9.17, 15) is 9.18 Å². The molecule has 0 aliphatic carbocycles. The molecular formula is C20H23FN4O. The van der Waals surface area contributed by atoms with Gasteiger partial charge in [-0.3, -0.25) is 4.79 Å². The molecule has 1 aromatic carbocycles. The summed E-state index contributed by atoms with van der Waals surface area (Å²) in [5.41, 5.74) is 2.75. The number of fused-ring (bicyclic) bond motifs is 1. The molecule has 0 spiro atoms. The van der Waals surface area contributed by atoms with E-state index in [1.807, 2.05) is 11.1 Å². The van der Waals surface area contributed by atoms with Gasteiger partial charge in [0.25, 0.3) is 0 Å². The van der Waals surface area contributed by atoms with Crippen LogP contribution in [0.15, 0.2) is 30.5 Å². The molecule has 3 heterocycles. The summed E-state index contributed by atoms with van der Waals surface area (Å²) in [7, 11) is 0. The number of benzene rings is 1. The lowest BCUT2D eigenvalue weighted by molar-refractivity contribution is -0.131. The molecule has 0 saturated carbocycles. The van der Waals surface area contributed by atoms with E-state index in [1.165, 1.54) is 11.6 Å². The second-order valence-electron chi connectivity index (χ2n) is 7.07. The van der Waals surface area contributed by atoms with Crippen LogP contribution in [0.1, 0.15) is 41.4 Å². The van der Waals surface area contributed by atoms with E-state index in [-0.39, 0.29) is 24.1 Å². The molecule has 26 heavy (non-hydrogen) atoms. The number of halogens is 1. The quantitative estimate of drug-likeness (QED) is 0.918. The number of hydrogen-bond acceptors (Lipinski definition) is 4. The van der Waals surface area contributed by atoms with Crippen LogP contribution in [0.2, 0.25) is 0 Å². The Morgan fingerprint density at radius 1 is 1.35 bits per heavy atom. The second-order valence-corrected chi connectivity index (χ2v) is 7.07. The molecule has 2 aromatic rings. The summed E-state index contributed by atoms with van der Waals surface area (Å²) in [6, 6.07) is 6.48. The summed E-state index contributed by atoms with van der Waals surface area (Å²) in [4.78, 5) is 23.8. The Labute approximate surface area is 152 Å². The summed E-state index contributed by atoms with van der Waals surface area (Å²) < 4.78 is 13.8. The van der Waals surface area contributed by atoms with Gasteiger partial charge in [-0.15, -0.1) is 0 Å². The van der Waals surface area contributed by atoms with Gasteiger partial charge in [0.1, 0.15) is 11.6 Å². The molecule has 1 amide bonds. The Bertz CT molecular complexity index is 810. The first-order valence-corrected chi connectivity index (χ1v) is 9.27. The number of aromatic nitrogens is 2. The highest BCUT2D eigenvalue weighted by molar-refractivity contribution is 5.79. The summed E-state index contributed by atoms with van der Waals surface area (Å²) in [6.45, 7) is 3.11. The molecule has 1 fully saturated rings. The van der Waals surface area contributed by atoms with Crippen molar-refractivity contribution in [1.29, 1.82) is 0 Å². The molecule has 2 aliphatic heterocycles. The number of nitrogens with zero attached hydrogens (tertiary/aromatic N) is 3. The van der Waals surface area contributed by atoms with Crippen LogP contribution in [0.3, 0.4) is 0 Å². The fourth-order valence-corrected chi connectivity index (χ4v) is 3.78. The molecular weight excluding hydrogens is 331 g/mol. The fraction of sp³-hybridized carbons (Fsp3) is 0.450. The van der Waals surface area contributed by atoms with Crippen LogP contribution in [0.4, 0.5) is 4.39 Å². The number of amides is 1. The normalized spacial score (nSPS) is 19.9. The molecule has 1 N–H and O–H groups in total. The van der Waals surface area contributed by atoms with E-state index < -0.39 is 0 Å². The lowest BCUT2D eigenvalue weighted by Crippen LogP contribution is -2.40. The molecule has 4 rings (SSSR count). The zero-order chi connectivity index (χ0) is 17.9. The van der Waals surface area contributed by atoms with Crippen molar-refractivity contribution in [3.8, 4) is 0 Å². The maximum atomic E-state index is 13.8. The zero-order valence-electron chi connectivity index (χ0n) is 14.7. The Kier molecular flexibility index (Phi) is 4.93. The smallest absolute Gasteiger partial charge is 0.227 e. The molecule has 1 aromatic heterocycles. The van der Waals surface area contributed by atoms with Crippen molar-refractivity contribution in [2.24, 2.45) is 0 Å². The largest absolute Gasteiger partial charge is 0.342 e. The molecule has 0 radical (unpaired) electrons. The average Bonchev–Trinajstić information content (AvgIpc) is 2.69. The number of likely N-dealkylation sites (tertiary alicyclic amines) is 1. The van der Waals surface area contributed by atoms with E-state index in [4.69, 9.17) is 4.98 Å². The third-order valence-corrected chi connectivity index (χ3v) is 5.27. The van der Waals surface area contributed by atoms with Crippen LogP contribution in [0.5, 0.6) is 0 Å². The summed E-state index contributed by atoms with van der Waals surface area (Å²) in [5.74, 6) is 0.658. The van der Waals surface area contributed by atoms with E-state index in [0.29, 0.717) is 12.1 Å². The van der Waals surface area contributed by atoms with Crippen molar-refractivity contribution in [2.45, 2.75) is 38.1 Å². The Morgan fingerprint density at radius 2 is 2.23 bits per heavy atom. The molecule has 6 heteroatoms. The van der Waals surface area contributed by atoms with Crippen LogP contribution in [-0.4, -0.2) is 40.4 Å².